The zero-order chi connectivity index (χ0) is 18.1. The quantitative estimate of drug-likeness (QED) is 0.888. The Bertz CT molecular complexity index is 916. The molecular weight excluding hydrogens is 364 g/mol. The van der Waals surface area contributed by atoms with Gasteiger partial charge in [-0.05, 0) is 36.8 Å². The van der Waals surface area contributed by atoms with Crippen LogP contribution in [0, 0.1) is 18.6 Å². The van der Waals surface area contributed by atoms with E-state index in [1.54, 1.807) is 17.7 Å². The molecule has 0 bridgehead atoms. The summed E-state index contributed by atoms with van der Waals surface area (Å²) in [6, 6.07) is 5.82. The summed E-state index contributed by atoms with van der Waals surface area (Å²) >= 11 is 5.80. The summed E-state index contributed by atoms with van der Waals surface area (Å²) < 4.78 is 56.9. The molecule has 0 heterocycles. The highest BCUT2D eigenvalue weighted by Crippen LogP contribution is 2.30. The molecule has 0 aliphatic carbocycles. The van der Waals surface area contributed by atoms with Gasteiger partial charge in [-0.15, -0.1) is 0 Å². The Balaban J connectivity index is 2.34. The van der Waals surface area contributed by atoms with Crippen molar-refractivity contribution < 1.29 is 26.7 Å². The summed E-state index contributed by atoms with van der Waals surface area (Å²) in [4.78, 5) is 11.6. The van der Waals surface area contributed by atoms with Gasteiger partial charge in [0, 0.05) is 11.1 Å². The number of ether oxygens (including phenoxy) is 1. The molecule has 0 aromatic heterocycles. The van der Waals surface area contributed by atoms with Crippen LogP contribution >= 0.6 is 11.6 Å². The number of amides is 1. The molecule has 1 amide bonds. The third-order valence-electron chi connectivity index (χ3n) is 2.90. The number of nitrogens with one attached hydrogen (secondary N) is 1. The highest BCUT2D eigenvalue weighted by atomic mass is 35.5. The number of aryl methyl sites for hydroxylation is 1. The number of carbonyl (C=O) groups excluding carboxylic acids is 1. The van der Waals surface area contributed by atoms with Crippen molar-refractivity contribution in [3.63, 3.8) is 0 Å². The van der Waals surface area contributed by atoms with Crippen LogP contribution in [0.4, 0.5) is 8.78 Å². The van der Waals surface area contributed by atoms with Crippen molar-refractivity contribution in [2.75, 3.05) is 6.26 Å². The highest BCUT2D eigenvalue weighted by molar-refractivity contribution is 7.89. The summed E-state index contributed by atoms with van der Waals surface area (Å²) in [5.74, 6) is -3.62. The van der Waals surface area contributed by atoms with E-state index in [0.29, 0.717) is 22.7 Å². The van der Waals surface area contributed by atoms with Gasteiger partial charge in [-0.2, -0.15) is 0 Å². The zero-order valence-electron chi connectivity index (χ0n) is 12.6. The van der Waals surface area contributed by atoms with Crippen molar-refractivity contribution in [2.24, 2.45) is 0 Å². The molecule has 24 heavy (non-hydrogen) atoms. The topological polar surface area (TPSA) is 72.5 Å². The molecule has 2 rings (SSSR count). The van der Waals surface area contributed by atoms with E-state index in [1.807, 2.05) is 0 Å². The van der Waals surface area contributed by atoms with Crippen molar-refractivity contribution in [1.29, 1.82) is 0 Å². The number of halogens is 3. The summed E-state index contributed by atoms with van der Waals surface area (Å²) in [6.45, 7) is 1.67. The van der Waals surface area contributed by atoms with Crippen LogP contribution in [0.5, 0.6) is 11.5 Å². The van der Waals surface area contributed by atoms with Gasteiger partial charge in [-0.1, -0.05) is 11.6 Å². The largest absolute Gasteiger partial charge is 0.454 e. The lowest BCUT2D eigenvalue weighted by atomic mass is 10.2. The predicted octanol–water partition coefficient (Wildman–Crippen LogP) is 3.41. The molecule has 0 saturated carbocycles. The maximum atomic E-state index is 14.1. The molecule has 9 heteroatoms. The van der Waals surface area contributed by atoms with Gasteiger partial charge in [-0.3, -0.25) is 4.79 Å². The molecule has 0 unspecified atom stereocenters. The minimum absolute atomic E-state index is 0.256. The van der Waals surface area contributed by atoms with Crippen LogP contribution in [0.25, 0.3) is 0 Å². The summed E-state index contributed by atoms with van der Waals surface area (Å²) in [5.41, 5.74) is -0.153. The fraction of sp³-hybridized carbons (Fsp3) is 0.133. The first-order chi connectivity index (χ1) is 11.1. The van der Waals surface area contributed by atoms with Crippen LogP contribution in [-0.4, -0.2) is 20.6 Å². The minimum atomic E-state index is -3.90. The molecule has 1 N–H and O–H groups in total. The van der Waals surface area contributed by atoms with Crippen molar-refractivity contribution in [3.05, 3.63) is 58.1 Å². The van der Waals surface area contributed by atoms with E-state index in [0.717, 1.165) is 6.26 Å². The lowest BCUT2D eigenvalue weighted by molar-refractivity contribution is 0.0977. The van der Waals surface area contributed by atoms with Gasteiger partial charge < -0.3 is 4.74 Å². The first-order valence-electron chi connectivity index (χ1n) is 6.52. The van der Waals surface area contributed by atoms with Gasteiger partial charge in [-0.25, -0.2) is 21.9 Å². The molecular formula is C15H12ClF2NO4S. The molecule has 0 aliphatic rings. The molecule has 0 aliphatic heterocycles. The van der Waals surface area contributed by atoms with Crippen LogP contribution in [0.2, 0.25) is 5.02 Å². The average molecular weight is 376 g/mol. The fourth-order valence-corrected chi connectivity index (χ4v) is 2.52. The number of rotatable bonds is 4. The maximum Gasteiger partial charge on any atom is 0.267 e. The van der Waals surface area contributed by atoms with Crippen LogP contribution in [0.1, 0.15) is 15.9 Å². The van der Waals surface area contributed by atoms with E-state index in [-0.39, 0.29) is 5.75 Å². The van der Waals surface area contributed by atoms with E-state index in [9.17, 15) is 22.0 Å². The summed E-state index contributed by atoms with van der Waals surface area (Å²) in [7, 11) is -3.90. The van der Waals surface area contributed by atoms with E-state index >= 15 is 0 Å². The molecule has 5 nitrogen and oxygen atoms in total. The molecule has 2 aromatic rings. The molecule has 0 spiro atoms. The van der Waals surface area contributed by atoms with Gasteiger partial charge in [0.1, 0.15) is 11.6 Å². The Morgan fingerprint density at radius 2 is 1.79 bits per heavy atom. The Hall–Kier alpha value is -2.19. The number of hydrogen-bond acceptors (Lipinski definition) is 4. The number of hydrogen-bond donors (Lipinski definition) is 1. The number of benzene rings is 2. The Morgan fingerprint density at radius 3 is 2.38 bits per heavy atom. The second-order valence-corrected chi connectivity index (χ2v) is 7.16. The van der Waals surface area contributed by atoms with Gasteiger partial charge in [0.2, 0.25) is 10.0 Å². The van der Waals surface area contributed by atoms with Crippen molar-refractivity contribution >= 4 is 27.5 Å². The van der Waals surface area contributed by atoms with Gasteiger partial charge in [0.05, 0.1) is 11.8 Å². The lowest BCUT2D eigenvalue weighted by Gasteiger charge is -2.11. The van der Waals surface area contributed by atoms with Crippen molar-refractivity contribution in [2.45, 2.75) is 6.92 Å². The van der Waals surface area contributed by atoms with Crippen molar-refractivity contribution in [3.8, 4) is 11.5 Å². The number of carbonyl (C=O) groups is 1. The molecule has 0 saturated heterocycles. The summed E-state index contributed by atoms with van der Waals surface area (Å²) in [6.07, 6.45) is 0.722. The SMILES string of the molecule is Cc1cc(Cl)ccc1Oc1cc(F)c(C(=O)NS(C)(=O)=O)cc1F. The van der Waals surface area contributed by atoms with E-state index in [2.05, 4.69) is 0 Å². The van der Waals surface area contributed by atoms with E-state index < -0.39 is 38.9 Å². The third-order valence-corrected chi connectivity index (χ3v) is 3.69. The van der Waals surface area contributed by atoms with Gasteiger partial charge >= 0.3 is 0 Å². The van der Waals surface area contributed by atoms with Crippen molar-refractivity contribution in [1.82, 2.24) is 4.72 Å². The van der Waals surface area contributed by atoms with Crippen LogP contribution in [-0.2, 0) is 10.0 Å². The molecule has 2 aromatic carbocycles. The normalized spacial score (nSPS) is 11.2. The molecule has 0 atom stereocenters. The van der Waals surface area contributed by atoms with Crippen LogP contribution in [0.3, 0.4) is 0 Å². The van der Waals surface area contributed by atoms with Gasteiger partial charge in [0.25, 0.3) is 5.91 Å². The van der Waals surface area contributed by atoms with E-state index in [1.165, 1.54) is 12.1 Å². The second kappa shape index (κ2) is 6.74. The second-order valence-electron chi connectivity index (χ2n) is 4.98. The van der Waals surface area contributed by atoms with Crippen LogP contribution < -0.4 is 9.46 Å². The van der Waals surface area contributed by atoms with Gasteiger partial charge in [0.15, 0.2) is 11.6 Å². The Kier molecular flexibility index (Phi) is 5.10. The monoisotopic (exact) mass is 375 g/mol. The molecule has 128 valence electrons. The third kappa shape index (κ3) is 4.42. The number of sulfonamides is 1. The maximum absolute atomic E-state index is 14.1. The average Bonchev–Trinajstić information content (AvgIpc) is 2.43. The molecule has 0 radical (unpaired) electrons. The highest BCUT2D eigenvalue weighted by Gasteiger charge is 2.20. The lowest BCUT2D eigenvalue weighted by Crippen LogP contribution is -2.30. The summed E-state index contributed by atoms with van der Waals surface area (Å²) in [5, 5.41) is 0.458. The fourth-order valence-electron chi connectivity index (χ4n) is 1.85. The first kappa shape index (κ1) is 18.2. The smallest absolute Gasteiger partial charge is 0.267 e. The Morgan fingerprint density at radius 1 is 1.12 bits per heavy atom. The van der Waals surface area contributed by atoms with Crippen LogP contribution in [0.15, 0.2) is 30.3 Å². The minimum Gasteiger partial charge on any atom is -0.454 e. The predicted molar refractivity (Wildman–Crippen MR) is 84.9 cm³/mol. The Labute approximate surface area is 142 Å². The zero-order valence-corrected chi connectivity index (χ0v) is 14.1. The standard InChI is InChI=1S/C15H12ClF2NO4S/c1-8-5-9(16)3-4-13(8)23-14-7-11(17)10(6-12(14)18)15(20)19-24(2,21)22/h3-7H,1-2H3,(H,19,20). The first-order valence-corrected chi connectivity index (χ1v) is 8.79. The van der Waals surface area contributed by atoms with E-state index in [4.69, 9.17) is 16.3 Å². The molecule has 0 fully saturated rings.